The second-order valence-electron chi connectivity index (χ2n) is 6.96. The third kappa shape index (κ3) is 3.25. The summed E-state index contributed by atoms with van der Waals surface area (Å²) in [6.07, 6.45) is 3.69. The minimum atomic E-state index is 0.455. The lowest BCUT2D eigenvalue weighted by Gasteiger charge is -2.18. The zero-order valence-electron chi connectivity index (χ0n) is 15.6. The number of hydrogen-bond donors (Lipinski definition) is 0. The number of methoxy groups -OCH3 is 1. The zero-order valence-corrected chi connectivity index (χ0v) is 18.1. The lowest BCUT2D eigenvalue weighted by molar-refractivity contribution is 0.218. The monoisotopic (exact) mass is 408 g/mol. The highest BCUT2D eigenvalue weighted by Gasteiger charge is 2.27. The van der Waals surface area contributed by atoms with Crippen molar-refractivity contribution in [1.82, 2.24) is 19.6 Å². The molecule has 1 aliphatic rings. The molecule has 26 heavy (non-hydrogen) atoms. The van der Waals surface area contributed by atoms with E-state index in [1.807, 2.05) is 11.3 Å². The van der Waals surface area contributed by atoms with Gasteiger partial charge < -0.3 is 4.74 Å². The summed E-state index contributed by atoms with van der Waals surface area (Å²) in [7, 11) is 1.73. The van der Waals surface area contributed by atoms with E-state index < -0.39 is 0 Å². The minimum absolute atomic E-state index is 0.455. The van der Waals surface area contributed by atoms with E-state index >= 15 is 0 Å². The Labute approximate surface area is 166 Å². The molecule has 1 aliphatic carbocycles. The molecule has 0 radical (unpaired) electrons. The summed E-state index contributed by atoms with van der Waals surface area (Å²) in [5.74, 6) is 1.43. The maximum atomic E-state index is 5.20. The van der Waals surface area contributed by atoms with Gasteiger partial charge in [0.2, 0.25) is 0 Å². The van der Waals surface area contributed by atoms with Gasteiger partial charge in [0.15, 0.2) is 16.0 Å². The van der Waals surface area contributed by atoms with Crippen LogP contribution in [0.4, 0.5) is 0 Å². The molecule has 3 heterocycles. The average molecular weight is 409 g/mol. The molecule has 0 bridgehead atoms. The van der Waals surface area contributed by atoms with Crippen LogP contribution in [0.25, 0.3) is 15.9 Å². The second-order valence-corrected chi connectivity index (χ2v) is 10.6. The topological polar surface area (TPSA) is 52.3 Å². The standard InChI is InChI=1S/C18H24N4OS3/c1-10(2)25-17-19-16-14(13-11(3)6-5-7-12(13)26-16)15-20-21-18(22(15)17)24-9-8-23-4/h10-11H,5-9H2,1-4H3/t11-/m0/s1. The highest BCUT2D eigenvalue weighted by atomic mass is 32.2. The Morgan fingerprint density at radius 1 is 1.31 bits per heavy atom. The van der Waals surface area contributed by atoms with Crippen LogP contribution >= 0.6 is 34.9 Å². The Morgan fingerprint density at radius 2 is 2.15 bits per heavy atom. The van der Waals surface area contributed by atoms with Crippen LogP contribution in [0, 0.1) is 0 Å². The van der Waals surface area contributed by atoms with Crippen LogP contribution in [0.3, 0.4) is 0 Å². The van der Waals surface area contributed by atoms with E-state index in [9.17, 15) is 0 Å². The maximum absolute atomic E-state index is 5.20. The fourth-order valence-corrected chi connectivity index (χ4v) is 6.65. The van der Waals surface area contributed by atoms with Gasteiger partial charge >= 0.3 is 0 Å². The smallest absolute Gasteiger partial charge is 0.197 e. The van der Waals surface area contributed by atoms with Crippen molar-refractivity contribution in [2.24, 2.45) is 0 Å². The van der Waals surface area contributed by atoms with Crippen LogP contribution in [-0.2, 0) is 11.2 Å². The van der Waals surface area contributed by atoms with E-state index in [1.54, 1.807) is 30.6 Å². The van der Waals surface area contributed by atoms with E-state index in [4.69, 9.17) is 9.72 Å². The predicted octanol–water partition coefficient (Wildman–Crippen LogP) is 5.02. The number of thioether (sulfide) groups is 2. The highest BCUT2D eigenvalue weighted by molar-refractivity contribution is 8.00. The maximum Gasteiger partial charge on any atom is 0.197 e. The molecule has 1 atom stereocenters. The molecule has 0 aromatic carbocycles. The number of aromatic nitrogens is 4. The van der Waals surface area contributed by atoms with Crippen LogP contribution < -0.4 is 0 Å². The Balaban J connectivity index is 1.93. The Bertz CT molecular complexity index is 934. The van der Waals surface area contributed by atoms with Crippen molar-refractivity contribution in [2.45, 2.75) is 61.5 Å². The van der Waals surface area contributed by atoms with Gasteiger partial charge in [-0.2, -0.15) is 0 Å². The van der Waals surface area contributed by atoms with Crippen LogP contribution in [-0.4, -0.2) is 44.3 Å². The van der Waals surface area contributed by atoms with Gasteiger partial charge in [0.05, 0.1) is 12.0 Å². The number of hydrogen-bond acceptors (Lipinski definition) is 7. The van der Waals surface area contributed by atoms with E-state index in [-0.39, 0.29) is 0 Å². The van der Waals surface area contributed by atoms with Gasteiger partial charge in [0.1, 0.15) is 4.83 Å². The van der Waals surface area contributed by atoms with E-state index in [0.717, 1.165) is 26.5 Å². The van der Waals surface area contributed by atoms with Crippen molar-refractivity contribution in [1.29, 1.82) is 0 Å². The number of aryl methyl sites for hydroxylation is 1. The van der Waals surface area contributed by atoms with Crippen molar-refractivity contribution in [3.8, 4) is 0 Å². The summed E-state index contributed by atoms with van der Waals surface area (Å²) >= 11 is 5.33. The Morgan fingerprint density at radius 3 is 2.92 bits per heavy atom. The molecule has 3 aromatic rings. The molecule has 0 aliphatic heterocycles. The molecule has 0 N–H and O–H groups in total. The van der Waals surface area contributed by atoms with E-state index in [1.165, 1.54) is 35.1 Å². The number of nitrogens with zero attached hydrogens (tertiary/aromatic N) is 4. The molecular formula is C18H24N4OS3. The lowest BCUT2D eigenvalue weighted by atomic mass is 9.87. The first kappa shape index (κ1) is 18.5. The van der Waals surface area contributed by atoms with Crippen molar-refractivity contribution >= 4 is 50.7 Å². The lowest BCUT2D eigenvalue weighted by Crippen LogP contribution is -2.05. The molecule has 0 saturated heterocycles. The SMILES string of the molecule is COCCSc1nnc2c3c4c(sc3nc(SC(C)C)n12)CCC[C@@H]4C. The van der Waals surface area contributed by atoms with Gasteiger partial charge in [-0.3, -0.25) is 0 Å². The van der Waals surface area contributed by atoms with Crippen LogP contribution in [0.5, 0.6) is 0 Å². The molecule has 5 nitrogen and oxygen atoms in total. The van der Waals surface area contributed by atoms with Crippen LogP contribution in [0.1, 0.15) is 50.0 Å². The third-order valence-corrected chi connectivity index (χ3v) is 7.65. The van der Waals surface area contributed by atoms with Crippen LogP contribution in [0.2, 0.25) is 0 Å². The van der Waals surface area contributed by atoms with Crippen molar-refractivity contribution in [2.75, 3.05) is 19.5 Å². The largest absolute Gasteiger partial charge is 0.384 e. The summed E-state index contributed by atoms with van der Waals surface area (Å²) in [6, 6.07) is 0. The van der Waals surface area contributed by atoms with Crippen LogP contribution in [0.15, 0.2) is 10.3 Å². The summed E-state index contributed by atoms with van der Waals surface area (Å²) in [6.45, 7) is 7.44. The minimum Gasteiger partial charge on any atom is -0.384 e. The van der Waals surface area contributed by atoms with Gasteiger partial charge in [-0.05, 0) is 30.7 Å². The van der Waals surface area contributed by atoms with Gasteiger partial charge in [-0.15, -0.1) is 21.5 Å². The van der Waals surface area contributed by atoms with E-state index in [2.05, 4.69) is 35.4 Å². The summed E-state index contributed by atoms with van der Waals surface area (Å²) in [5.41, 5.74) is 2.44. The first-order valence-corrected chi connectivity index (χ1v) is 11.8. The summed E-state index contributed by atoms with van der Waals surface area (Å²) in [4.78, 5) is 7.69. The Kier molecular flexibility index (Phi) is 5.46. The molecular weight excluding hydrogens is 384 g/mol. The fourth-order valence-electron chi connectivity index (χ4n) is 3.53. The third-order valence-electron chi connectivity index (χ3n) is 4.64. The number of fused-ring (bicyclic) bond motifs is 5. The van der Waals surface area contributed by atoms with Gasteiger partial charge in [0.25, 0.3) is 0 Å². The average Bonchev–Trinajstić information content (AvgIpc) is 3.16. The van der Waals surface area contributed by atoms with Crippen molar-refractivity contribution in [3.63, 3.8) is 0 Å². The molecule has 0 unspecified atom stereocenters. The molecule has 0 saturated carbocycles. The van der Waals surface area contributed by atoms with Crippen molar-refractivity contribution in [3.05, 3.63) is 10.4 Å². The zero-order chi connectivity index (χ0) is 18.3. The van der Waals surface area contributed by atoms with Crippen molar-refractivity contribution < 1.29 is 4.74 Å². The van der Waals surface area contributed by atoms with Gasteiger partial charge in [-0.25, -0.2) is 9.38 Å². The molecule has 0 spiro atoms. The normalized spacial score (nSPS) is 17.5. The highest BCUT2D eigenvalue weighted by Crippen LogP contribution is 2.44. The first-order valence-electron chi connectivity index (χ1n) is 9.09. The number of rotatable bonds is 6. The number of ether oxygens (including phenoxy) is 1. The molecule has 3 aromatic heterocycles. The fraction of sp³-hybridized carbons (Fsp3) is 0.611. The first-order chi connectivity index (χ1) is 12.6. The molecule has 140 valence electrons. The molecule has 8 heteroatoms. The van der Waals surface area contributed by atoms with Gasteiger partial charge in [0, 0.05) is 23.0 Å². The van der Waals surface area contributed by atoms with Gasteiger partial charge in [-0.1, -0.05) is 44.3 Å². The summed E-state index contributed by atoms with van der Waals surface area (Å²) in [5, 5.41) is 12.7. The number of thiophene rings is 1. The molecule has 4 rings (SSSR count). The molecule has 0 amide bonds. The second kappa shape index (κ2) is 7.66. The summed E-state index contributed by atoms with van der Waals surface area (Å²) < 4.78 is 7.36. The van der Waals surface area contributed by atoms with E-state index in [0.29, 0.717) is 17.8 Å². The predicted molar refractivity (Wildman–Crippen MR) is 111 cm³/mol. The molecule has 0 fully saturated rings. The quantitative estimate of drug-likeness (QED) is 0.324. The Hall–Kier alpha value is -0.830.